The van der Waals surface area contributed by atoms with Gasteiger partial charge in [0, 0.05) is 11.1 Å². The molecule has 0 unspecified atom stereocenters. The van der Waals surface area contributed by atoms with Gasteiger partial charge in [-0.1, -0.05) is 0 Å². The summed E-state index contributed by atoms with van der Waals surface area (Å²) >= 11 is 0. The molecule has 0 aromatic rings. The molecule has 0 bridgehead atoms. The molecule has 1 aliphatic rings. The van der Waals surface area contributed by atoms with Crippen LogP contribution in [0.2, 0.25) is 0 Å². The van der Waals surface area contributed by atoms with Crippen molar-refractivity contribution in [2.45, 2.75) is 57.7 Å². The molecule has 2 N–H and O–H groups in total. The molecule has 1 aliphatic heterocycles. The van der Waals surface area contributed by atoms with E-state index >= 15 is 0 Å². The third-order valence-electron chi connectivity index (χ3n) is 3.51. The van der Waals surface area contributed by atoms with Crippen LogP contribution in [0.25, 0.3) is 0 Å². The lowest BCUT2D eigenvalue weighted by atomic mass is 9.79. The van der Waals surface area contributed by atoms with Crippen molar-refractivity contribution in [2.75, 3.05) is 7.05 Å². The van der Waals surface area contributed by atoms with Crippen LogP contribution in [0, 0.1) is 0 Å². The van der Waals surface area contributed by atoms with Crippen LogP contribution in [0.1, 0.15) is 40.5 Å². The Labute approximate surface area is 93.2 Å². The largest absolute Gasteiger partial charge is 0.328 e. The number of likely N-dealkylation sites (tertiary alicyclic amines) is 1. The van der Waals surface area contributed by atoms with Crippen molar-refractivity contribution in [1.29, 1.82) is 0 Å². The van der Waals surface area contributed by atoms with E-state index in [1.54, 1.807) is 0 Å². The Kier molecular flexibility index (Phi) is 3.79. The van der Waals surface area contributed by atoms with Crippen LogP contribution in [-0.4, -0.2) is 38.9 Å². The highest BCUT2D eigenvalue weighted by molar-refractivity contribution is 7.39. The molecule has 1 heterocycles. The molecular formula is C10H22NO3P. The highest BCUT2D eigenvalue weighted by atomic mass is 31.2. The first-order chi connectivity index (χ1) is 6.65. The molecule has 4 nitrogen and oxygen atoms in total. The third kappa shape index (κ3) is 3.11. The number of hydrogen-bond donors (Lipinski definition) is 2. The Balaban J connectivity index is 2.75. The van der Waals surface area contributed by atoms with Gasteiger partial charge in [0.15, 0.2) is 0 Å². The van der Waals surface area contributed by atoms with Gasteiger partial charge in [-0.15, -0.1) is 0 Å². The van der Waals surface area contributed by atoms with Crippen molar-refractivity contribution in [3.05, 3.63) is 0 Å². The molecule has 1 rings (SSSR count). The van der Waals surface area contributed by atoms with E-state index in [4.69, 9.17) is 14.3 Å². The molecule has 0 aromatic carbocycles. The summed E-state index contributed by atoms with van der Waals surface area (Å²) < 4.78 is 5.16. The van der Waals surface area contributed by atoms with E-state index < -0.39 is 8.60 Å². The lowest BCUT2D eigenvalue weighted by Crippen LogP contribution is -2.60. The average Bonchev–Trinajstić information content (AvgIpc) is 1.97. The molecule has 15 heavy (non-hydrogen) atoms. The summed E-state index contributed by atoms with van der Waals surface area (Å²) in [5.74, 6) is 0. The monoisotopic (exact) mass is 235 g/mol. The predicted octanol–water partition coefficient (Wildman–Crippen LogP) is 1.87. The maximum Gasteiger partial charge on any atom is 0.327 e. The summed E-state index contributed by atoms with van der Waals surface area (Å²) in [6, 6.07) is 0. The molecule has 1 fully saturated rings. The van der Waals surface area contributed by atoms with Crippen LogP contribution < -0.4 is 0 Å². The summed E-state index contributed by atoms with van der Waals surface area (Å²) in [4.78, 5) is 20.1. The molecule has 1 saturated heterocycles. The van der Waals surface area contributed by atoms with E-state index in [1.807, 2.05) is 0 Å². The minimum Gasteiger partial charge on any atom is -0.328 e. The molecular weight excluding hydrogens is 213 g/mol. The van der Waals surface area contributed by atoms with Crippen molar-refractivity contribution in [3.8, 4) is 0 Å². The Morgan fingerprint density at radius 1 is 1.13 bits per heavy atom. The minimum atomic E-state index is -2.24. The van der Waals surface area contributed by atoms with Gasteiger partial charge in [0.05, 0.1) is 6.10 Å². The lowest BCUT2D eigenvalue weighted by molar-refractivity contribution is -0.0579. The molecule has 0 aromatic heterocycles. The Morgan fingerprint density at radius 3 is 1.87 bits per heavy atom. The van der Waals surface area contributed by atoms with E-state index in [2.05, 4.69) is 39.6 Å². The highest BCUT2D eigenvalue weighted by Gasteiger charge is 2.44. The van der Waals surface area contributed by atoms with Crippen LogP contribution in [0.3, 0.4) is 0 Å². The number of hydrogen-bond acceptors (Lipinski definition) is 4. The quantitative estimate of drug-likeness (QED) is 0.717. The normalized spacial score (nSPS) is 27.2. The summed E-state index contributed by atoms with van der Waals surface area (Å²) in [6.07, 6.45) is 1.59. The van der Waals surface area contributed by atoms with Crippen molar-refractivity contribution in [1.82, 2.24) is 4.90 Å². The summed E-state index contributed by atoms with van der Waals surface area (Å²) in [6.45, 7) is 8.62. The zero-order valence-corrected chi connectivity index (χ0v) is 11.1. The van der Waals surface area contributed by atoms with Crippen molar-refractivity contribution in [3.63, 3.8) is 0 Å². The minimum absolute atomic E-state index is 0.0256. The van der Waals surface area contributed by atoms with Crippen LogP contribution in [0.15, 0.2) is 0 Å². The van der Waals surface area contributed by atoms with Crippen molar-refractivity contribution < 1.29 is 14.3 Å². The number of rotatable bonds is 2. The van der Waals surface area contributed by atoms with Crippen LogP contribution in [-0.2, 0) is 4.52 Å². The first-order valence-electron chi connectivity index (χ1n) is 5.24. The molecule has 0 radical (unpaired) electrons. The van der Waals surface area contributed by atoms with E-state index in [1.165, 1.54) is 0 Å². The smallest absolute Gasteiger partial charge is 0.327 e. The summed E-state index contributed by atoms with van der Waals surface area (Å²) in [5, 5.41) is 0. The highest BCUT2D eigenvalue weighted by Crippen LogP contribution is 2.42. The van der Waals surface area contributed by atoms with E-state index in [-0.39, 0.29) is 17.2 Å². The summed E-state index contributed by atoms with van der Waals surface area (Å²) in [7, 11) is -0.131. The molecule has 5 heteroatoms. The molecule has 0 atom stereocenters. The Hall–Kier alpha value is 0.270. The van der Waals surface area contributed by atoms with Gasteiger partial charge in [-0.3, -0.25) is 4.90 Å². The van der Waals surface area contributed by atoms with Crippen LogP contribution in [0.5, 0.6) is 0 Å². The van der Waals surface area contributed by atoms with Gasteiger partial charge < -0.3 is 14.3 Å². The fraction of sp³-hybridized carbons (Fsp3) is 1.00. The maximum atomic E-state index is 8.90. The van der Waals surface area contributed by atoms with Crippen molar-refractivity contribution >= 4 is 8.60 Å². The molecule has 0 saturated carbocycles. The maximum absolute atomic E-state index is 8.90. The van der Waals surface area contributed by atoms with E-state index in [0.29, 0.717) is 0 Å². The third-order valence-corrected chi connectivity index (χ3v) is 4.00. The van der Waals surface area contributed by atoms with Gasteiger partial charge in [-0.05, 0) is 47.6 Å². The molecule has 0 amide bonds. The Morgan fingerprint density at radius 2 is 1.53 bits per heavy atom. The standard InChI is InChI=1S/C10H22NO3P/c1-9(2)6-8(14-15(12)13)7-10(3,4)11(9)5/h8,12-13H,6-7H2,1-5H3. The fourth-order valence-corrected chi connectivity index (χ4v) is 2.90. The van der Waals surface area contributed by atoms with E-state index in [0.717, 1.165) is 12.8 Å². The molecule has 0 aliphatic carbocycles. The zero-order valence-electron chi connectivity index (χ0n) is 10.2. The fourth-order valence-electron chi connectivity index (χ4n) is 2.49. The molecule has 0 spiro atoms. The van der Waals surface area contributed by atoms with Crippen LogP contribution >= 0.6 is 8.60 Å². The van der Waals surface area contributed by atoms with Gasteiger partial charge in [0.2, 0.25) is 0 Å². The first-order valence-corrected chi connectivity index (χ1v) is 6.40. The topological polar surface area (TPSA) is 52.9 Å². The van der Waals surface area contributed by atoms with Gasteiger partial charge in [0.1, 0.15) is 0 Å². The van der Waals surface area contributed by atoms with Gasteiger partial charge in [-0.25, -0.2) is 0 Å². The zero-order chi connectivity index (χ0) is 11.9. The van der Waals surface area contributed by atoms with Gasteiger partial charge >= 0.3 is 8.60 Å². The SMILES string of the molecule is CN1C(C)(C)CC(OP(O)O)CC1(C)C. The second kappa shape index (κ2) is 4.27. The first kappa shape index (κ1) is 13.3. The van der Waals surface area contributed by atoms with Crippen molar-refractivity contribution in [2.24, 2.45) is 0 Å². The summed E-state index contributed by atoms with van der Waals surface area (Å²) in [5.41, 5.74) is 0.0511. The molecule has 90 valence electrons. The number of nitrogens with zero attached hydrogens (tertiary/aromatic N) is 1. The second-order valence-electron chi connectivity index (χ2n) is 5.57. The van der Waals surface area contributed by atoms with Gasteiger partial charge in [0.25, 0.3) is 0 Å². The Bertz CT molecular complexity index is 213. The number of piperidine rings is 1. The second-order valence-corrected chi connectivity index (χ2v) is 6.29. The van der Waals surface area contributed by atoms with E-state index in [9.17, 15) is 0 Å². The lowest BCUT2D eigenvalue weighted by Gasteiger charge is -2.53. The van der Waals surface area contributed by atoms with Gasteiger partial charge in [-0.2, -0.15) is 0 Å². The predicted molar refractivity (Wildman–Crippen MR) is 61.4 cm³/mol. The average molecular weight is 235 g/mol. The van der Waals surface area contributed by atoms with Crippen LogP contribution in [0.4, 0.5) is 0 Å².